The van der Waals surface area contributed by atoms with E-state index in [0.29, 0.717) is 11.2 Å². The summed E-state index contributed by atoms with van der Waals surface area (Å²) in [6.07, 6.45) is 4.31. The topological polar surface area (TPSA) is 37.8 Å². The van der Waals surface area contributed by atoms with Gasteiger partial charge in [-0.15, -0.1) is 0 Å². The molecular formula is C10H14ClN3. The second-order valence-electron chi connectivity index (χ2n) is 3.72. The van der Waals surface area contributed by atoms with Gasteiger partial charge >= 0.3 is 0 Å². The fourth-order valence-corrected chi connectivity index (χ4v) is 2.14. The molecule has 0 bridgehead atoms. The number of piperidine rings is 1. The molecule has 1 fully saturated rings. The van der Waals surface area contributed by atoms with Crippen LogP contribution >= 0.6 is 11.6 Å². The Balaban J connectivity index is 2.22. The van der Waals surface area contributed by atoms with Crippen LogP contribution in [0, 0.1) is 6.92 Å². The van der Waals surface area contributed by atoms with Crippen LogP contribution in [0.2, 0.25) is 5.28 Å². The third-order valence-corrected chi connectivity index (χ3v) is 2.91. The molecule has 2 rings (SSSR count). The Morgan fingerprint density at radius 3 is 3.07 bits per heavy atom. The first-order valence-corrected chi connectivity index (χ1v) is 5.35. The summed E-state index contributed by atoms with van der Waals surface area (Å²) in [5, 5.41) is 3.73. The Morgan fingerprint density at radius 1 is 1.57 bits per heavy atom. The molecule has 0 saturated carbocycles. The molecule has 0 aliphatic carbocycles. The number of hydrogen-bond donors (Lipinski definition) is 1. The largest absolute Gasteiger partial charge is 0.316 e. The van der Waals surface area contributed by atoms with Crippen molar-refractivity contribution in [2.45, 2.75) is 25.7 Å². The van der Waals surface area contributed by atoms with Crippen molar-refractivity contribution in [3.8, 4) is 0 Å². The minimum Gasteiger partial charge on any atom is -0.316 e. The molecular weight excluding hydrogens is 198 g/mol. The number of nitrogens with zero attached hydrogens (tertiary/aromatic N) is 2. The molecule has 1 aromatic heterocycles. The molecule has 1 saturated heterocycles. The van der Waals surface area contributed by atoms with Gasteiger partial charge in [0, 0.05) is 18.4 Å². The maximum absolute atomic E-state index is 5.72. The van der Waals surface area contributed by atoms with Gasteiger partial charge in [-0.3, -0.25) is 0 Å². The summed E-state index contributed by atoms with van der Waals surface area (Å²) in [6, 6.07) is 0. The zero-order valence-electron chi connectivity index (χ0n) is 8.26. The van der Waals surface area contributed by atoms with Gasteiger partial charge in [0.15, 0.2) is 0 Å². The van der Waals surface area contributed by atoms with Gasteiger partial charge in [-0.1, -0.05) is 0 Å². The SMILES string of the molecule is Cc1nc(Cl)ncc1C1CCCNC1. The predicted molar refractivity (Wildman–Crippen MR) is 56.6 cm³/mol. The number of halogens is 1. The fraction of sp³-hybridized carbons (Fsp3) is 0.600. The molecule has 1 N–H and O–H groups in total. The van der Waals surface area contributed by atoms with Gasteiger partial charge in [0.25, 0.3) is 0 Å². The summed E-state index contributed by atoms with van der Waals surface area (Å²) in [7, 11) is 0. The first kappa shape index (κ1) is 9.87. The Morgan fingerprint density at radius 2 is 2.43 bits per heavy atom. The van der Waals surface area contributed by atoms with Crippen molar-refractivity contribution >= 4 is 11.6 Å². The first-order valence-electron chi connectivity index (χ1n) is 4.97. The minimum atomic E-state index is 0.343. The standard InChI is InChI=1S/C10H14ClN3/c1-7-9(6-13-10(11)14-7)8-3-2-4-12-5-8/h6,8,12H,2-5H2,1H3. The fourth-order valence-electron chi connectivity index (χ4n) is 1.97. The molecule has 0 aromatic carbocycles. The van der Waals surface area contributed by atoms with Gasteiger partial charge in [0.05, 0.1) is 0 Å². The maximum Gasteiger partial charge on any atom is 0.222 e. The number of aryl methyl sites for hydroxylation is 1. The van der Waals surface area contributed by atoms with Crippen molar-refractivity contribution in [3.05, 3.63) is 22.7 Å². The molecule has 0 radical (unpaired) electrons. The van der Waals surface area contributed by atoms with Crippen molar-refractivity contribution in [1.29, 1.82) is 0 Å². The van der Waals surface area contributed by atoms with E-state index >= 15 is 0 Å². The van der Waals surface area contributed by atoms with Crippen LogP contribution in [-0.4, -0.2) is 23.1 Å². The number of hydrogen-bond acceptors (Lipinski definition) is 3. The van der Waals surface area contributed by atoms with Crippen LogP contribution in [0.25, 0.3) is 0 Å². The molecule has 14 heavy (non-hydrogen) atoms. The van der Waals surface area contributed by atoms with Crippen molar-refractivity contribution in [2.75, 3.05) is 13.1 Å². The van der Waals surface area contributed by atoms with Crippen molar-refractivity contribution < 1.29 is 0 Å². The predicted octanol–water partition coefficient (Wildman–Crippen LogP) is 1.91. The highest BCUT2D eigenvalue weighted by Crippen LogP contribution is 2.24. The van der Waals surface area contributed by atoms with Crippen LogP contribution in [0.1, 0.15) is 30.0 Å². The molecule has 1 unspecified atom stereocenters. The van der Waals surface area contributed by atoms with Crippen LogP contribution in [-0.2, 0) is 0 Å². The Hall–Kier alpha value is -0.670. The van der Waals surface area contributed by atoms with Gasteiger partial charge in [0.2, 0.25) is 5.28 Å². The van der Waals surface area contributed by atoms with E-state index in [-0.39, 0.29) is 0 Å². The van der Waals surface area contributed by atoms with Crippen molar-refractivity contribution in [1.82, 2.24) is 15.3 Å². The highest BCUT2D eigenvalue weighted by Gasteiger charge is 2.17. The molecule has 4 heteroatoms. The van der Waals surface area contributed by atoms with E-state index in [1.54, 1.807) is 0 Å². The normalized spacial score (nSPS) is 22.3. The zero-order valence-corrected chi connectivity index (χ0v) is 9.01. The van der Waals surface area contributed by atoms with Gasteiger partial charge in [0.1, 0.15) is 0 Å². The van der Waals surface area contributed by atoms with Gasteiger partial charge in [-0.05, 0) is 49.4 Å². The lowest BCUT2D eigenvalue weighted by Gasteiger charge is -2.23. The quantitative estimate of drug-likeness (QED) is 0.722. The first-order chi connectivity index (χ1) is 6.77. The molecule has 1 aliphatic rings. The lowest BCUT2D eigenvalue weighted by atomic mass is 9.92. The summed E-state index contributed by atoms with van der Waals surface area (Å²) in [6.45, 7) is 4.16. The Bertz CT molecular complexity index is 321. The maximum atomic E-state index is 5.72. The van der Waals surface area contributed by atoms with Crippen molar-refractivity contribution in [3.63, 3.8) is 0 Å². The lowest BCUT2D eigenvalue weighted by molar-refractivity contribution is 0.458. The minimum absolute atomic E-state index is 0.343. The molecule has 1 aliphatic heterocycles. The smallest absolute Gasteiger partial charge is 0.222 e. The van der Waals surface area contributed by atoms with Gasteiger partial charge < -0.3 is 5.32 Å². The number of rotatable bonds is 1. The second kappa shape index (κ2) is 4.24. The molecule has 3 nitrogen and oxygen atoms in total. The monoisotopic (exact) mass is 211 g/mol. The van der Waals surface area contributed by atoms with Crippen LogP contribution in [0.15, 0.2) is 6.20 Å². The Labute approximate surface area is 88.9 Å². The number of nitrogens with one attached hydrogen (secondary N) is 1. The third-order valence-electron chi connectivity index (χ3n) is 2.72. The molecule has 76 valence electrons. The average Bonchev–Trinajstić information content (AvgIpc) is 2.19. The number of aromatic nitrogens is 2. The van der Waals surface area contributed by atoms with E-state index in [2.05, 4.69) is 15.3 Å². The molecule has 1 aromatic rings. The van der Waals surface area contributed by atoms with Crippen LogP contribution in [0.4, 0.5) is 0 Å². The highest BCUT2D eigenvalue weighted by molar-refractivity contribution is 6.28. The third kappa shape index (κ3) is 2.04. The molecule has 0 spiro atoms. The average molecular weight is 212 g/mol. The summed E-state index contributed by atoms with van der Waals surface area (Å²) in [4.78, 5) is 8.22. The van der Waals surface area contributed by atoms with E-state index in [1.807, 2.05) is 13.1 Å². The van der Waals surface area contributed by atoms with E-state index in [0.717, 1.165) is 18.8 Å². The molecule has 0 amide bonds. The van der Waals surface area contributed by atoms with E-state index < -0.39 is 0 Å². The van der Waals surface area contributed by atoms with Gasteiger partial charge in [-0.2, -0.15) is 0 Å². The molecule has 2 heterocycles. The summed E-state index contributed by atoms with van der Waals surface area (Å²) in [5.74, 6) is 0.556. The summed E-state index contributed by atoms with van der Waals surface area (Å²) >= 11 is 5.72. The second-order valence-corrected chi connectivity index (χ2v) is 4.06. The summed E-state index contributed by atoms with van der Waals surface area (Å²) < 4.78 is 0. The summed E-state index contributed by atoms with van der Waals surface area (Å²) in [5.41, 5.74) is 2.25. The van der Waals surface area contributed by atoms with E-state index in [1.165, 1.54) is 18.4 Å². The highest BCUT2D eigenvalue weighted by atomic mass is 35.5. The van der Waals surface area contributed by atoms with Crippen LogP contribution < -0.4 is 5.32 Å². The molecule has 1 atom stereocenters. The van der Waals surface area contributed by atoms with Crippen molar-refractivity contribution in [2.24, 2.45) is 0 Å². The van der Waals surface area contributed by atoms with Crippen LogP contribution in [0.5, 0.6) is 0 Å². The Kier molecular flexibility index (Phi) is 2.99. The van der Waals surface area contributed by atoms with E-state index in [4.69, 9.17) is 11.6 Å². The lowest BCUT2D eigenvalue weighted by Crippen LogP contribution is -2.29. The van der Waals surface area contributed by atoms with E-state index in [9.17, 15) is 0 Å². The zero-order chi connectivity index (χ0) is 9.97. The van der Waals surface area contributed by atoms with Gasteiger partial charge in [-0.25, -0.2) is 9.97 Å². The van der Waals surface area contributed by atoms with Crippen LogP contribution in [0.3, 0.4) is 0 Å².